The van der Waals surface area contributed by atoms with Crippen molar-refractivity contribution in [2.75, 3.05) is 13.1 Å². The first-order valence-corrected chi connectivity index (χ1v) is 8.42. The summed E-state index contributed by atoms with van der Waals surface area (Å²) in [6.45, 7) is 4.31. The molecule has 4 heteroatoms. The predicted octanol–water partition coefficient (Wildman–Crippen LogP) is 4.54. The molecule has 0 atom stereocenters. The molecule has 0 unspecified atom stereocenters. The molecule has 2 aromatic rings. The number of hydrogen-bond donors (Lipinski definition) is 1. The van der Waals surface area contributed by atoms with E-state index in [1.807, 2.05) is 23.9 Å². The van der Waals surface area contributed by atoms with Crippen LogP contribution in [0.2, 0.25) is 0 Å². The number of aryl methyl sites for hydroxylation is 1. The molecule has 0 bridgehead atoms. The Bertz CT molecular complexity index is 628. The fraction of sp³-hybridized carbons (Fsp3) is 0.333. The van der Waals surface area contributed by atoms with Gasteiger partial charge in [-0.1, -0.05) is 24.3 Å². The molecule has 0 saturated heterocycles. The molecule has 0 saturated carbocycles. The summed E-state index contributed by atoms with van der Waals surface area (Å²) in [5.41, 5.74) is 5.51. The highest BCUT2D eigenvalue weighted by Crippen LogP contribution is 2.32. The minimum Gasteiger partial charge on any atom is -0.316 e. The lowest BCUT2D eigenvalue weighted by molar-refractivity contribution is 0.627. The number of halogens is 2. The van der Waals surface area contributed by atoms with Gasteiger partial charge in [0.2, 0.25) is 0 Å². The van der Waals surface area contributed by atoms with Gasteiger partial charge in [-0.15, -0.1) is 24.2 Å². The molecule has 3 rings (SSSR count). The summed E-state index contributed by atoms with van der Waals surface area (Å²) in [6, 6.07) is 11.3. The van der Waals surface area contributed by atoms with Gasteiger partial charge in [0.15, 0.2) is 0 Å². The van der Waals surface area contributed by atoms with Crippen molar-refractivity contribution >= 4 is 24.2 Å². The Hall–Kier alpha value is -1.03. The van der Waals surface area contributed by atoms with Gasteiger partial charge in [0.05, 0.1) is 0 Å². The highest BCUT2D eigenvalue weighted by molar-refractivity contribution is 7.98. The molecule has 22 heavy (non-hydrogen) atoms. The molecule has 1 nitrogen and oxygen atoms in total. The van der Waals surface area contributed by atoms with E-state index in [2.05, 4.69) is 24.4 Å². The molecule has 1 aliphatic heterocycles. The van der Waals surface area contributed by atoms with Gasteiger partial charge in [-0.25, -0.2) is 4.39 Å². The van der Waals surface area contributed by atoms with Crippen LogP contribution in [0.3, 0.4) is 0 Å². The van der Waals surface area contributed by atoms with E-state index in [9.17, 15) is 4.39 Å². The first kappa shape index (κ1) is 17.3. The first-order valence-electron chi connectivity index (χ1n) is 7.43. The minimum absolute atomic E-state index is 0. The third kappa shape index (κ3) is 4.03. The molecule has 118 valence electrons. The van der Waals surface area contributed by atoms with Gasteiger partial charge in [0, 0.05) is 10.6 Å². The maximum absolute atomic E-state index is 13.0. The molecule has 0 spiro atoms. The molecule has 1 aliphatic rings. The van der Waals surface area contributed by atoms with Crippen LogP contribution in [-0.2, 0) is 18.6 Å². The molecule has 2 aromatic carbocycles. The summed E-state index contributed by atoms with van der Waals surface area (Å²) in [7, 11) is 0. The van der Waals surface area contributed by atoms with Gasteiger partial charge in [0.25, 0.3) is 0 Å². The summed E-state index contributed by atoms with van der Waals surface area (Å²) < 4.78 is 13.0. The molecule has 1 heterocycles. The minimum atomic E-state index is -0.167. The van der Waals surface area contributed by atoms with Crippen molar-refractivity contribution in [1.29, 1.82) is 0 Å². The van der Waals surface area contributed by atoms with Crippen LogP contribution in [-0.4, -0.2) is 13.1 Å². The Kier molecular flexibility index (Phi) is 6.30. The van der Waals surface area contributed by atoms with Crippen molar-refractivity contribution in [3.05, 3.63) is 64.5 Å². The van der Waals surface area contributed by atoms with E-state index in [4.69, 9.17) is 0 Å². The van der Waals surface area contributed by atoms with Crippen LogP contribution in [0, 0.1) is 12.7 Å². The summed E-state index contributed by atoms with van der Waals surface area (Å²) in [4.78, 5) is 1.42. The van der Waals surface area contributed by atoms with Gasteiger partial charge in [-0.05, 0) is 67.2 Å². The molecule has 0 fully saturated rings. The summed E-state index contributed by atoms with van der Waals surface area (Å²) >= 11 is 1.88. The zero-order valence-electron chi connectivity index (χ0n) is 12.7. The maximum Gasteiger partial charge on any atom is 0.123 e. The normalized spacial score (nSPS) is 13.9. The second-order valence-corrected chi connectivity index (χ2v) is 6.50. The number of rotatable bonds is 3. The van der Waals surface area contributed by atoms with Gasteiger partial charge in [-0.3, -0.25) is 0 Å². The Morgan fingerprint density at radius 1 is 1.05 bits per heavy atom. The van der Waals surface area contributed by atoms with E-state index in [1.165, 1.54) is 39.3 Å². The van der Waals surface area contributed by atoms with Crippen LogP contribution < -0.4 is 5.32 Å². The quantitative estimate of drug-likeness (QED) is 0.825. The van der Waals surface area contributed by atoms with E-state index in [1.54, 1.807) is 0 Å². The number of benzene rings is 2. The highest BCUT2D eigenvalue weighted by atomic mass is 35.5. The van der Waals surface area contributed by atoms with Gasteiger partial charge in [-0.2, -0.15) is 0 Å². The van der Waals surface area contributed by atoms with E-state index in [0.717, 1.165) is 31.7 Å². The Morgan fingerprint density at radius 3 is 2.55 bits per heavy atom. The van der Waals surface area contributed by atoms with Crippen molar-refractivity contribution in [3.63, 3.8) is 0 Å². The monoisotopic (exact) mass is 337 g/mol. The van der Waals surface area contributed by atoms with Crippen molar-refractivity contribution in [3.8, 4) is 0 Å². The summed E-state index contributed by atoms with van der Waals surface area (Å²) in [5, 5.41) is 3.47. The standard InChI is InChI=1S/C18H20FNS.ClH/c1-13-2-5-15-8-10-20-11-9-17(15)18(13)21-12-14-3-6-16(19)7-4-14;/h2-7,20H,8-12H2,1H3;1H. The third-order valence-corrected chi connectivity index (χ3v) is 5.31. The maximum atomic E-state index is 13.0. The number of fused-ring (bicyclic) bond motifs is 1. The lowest BCUT2D eigenvalue weighted by Crippen LogP contribution is -2.16. The average molecular weight is 338 g/mol. The molecule has 0 amide bonds. The van der Waals surface area contributed by atoms with Crippen molar-refractivity contribution < 1.29 is 4.39 Å². The van der Waals surface area contributed by atoms with Crippen molar-refractivity contribution in [2.24, 2.45) is 0 Å². The second-order valence-electron chi connectivity index (χ2n) is 5.51. The SMILES string of the molecule is Cc1ccc2c(c1SCc1ccc(F)cc1)CCNCC2.Cl. The molecule has 1 N–H and O–H groups in total. The summed E-state index contributed by atoms with van der Waals surface area (Å²) in [5.74, 6) is 0.727. The van der Waals surface area contributed by atoms with Gasteiger partial charge in [0.1, 0.15) is 5.82 Å². The van der Waals surface area contributed by atoms with E-state index in [0.29, 0.717) is 0 Å². The zero-order valence-corrected chi connectivity index (χ0v) is 14.3. The van der Waals surface area contributed by atoms with E-state index >= 15 is 0 Å². The molecular formula is C18H21ClFNS. The van der Waals surface area contributed by atoms with Crippen LogP contribution in [0.1, 0.15) is 22.3 Å². The average Bonchev–Trinajstić information content (AvgIpc) is 2.73. The molecule has 0 aromatic heterocycles. The summed E-state index contributed by atoms with van der Waals surface area (Å²) in [6.07, 6.45) is 2.21. The Balaban J connectivity index is 0.00000176. The van der Waals surface area contributed by atoms with Crippen molar-refractivity contribution in [2.45, 2.75) is 30.4 Å². The Morgan fingerprint density at radius 2 is 1.77 bits per heavy atom. The predicted molar refractivity (Wildman–Crippen MR) is 94.7 cm³/mol. The van der Waals surface area contributed by atoms with E-state index in [-0.39, 0.29) is 18.2 Å². The van der Waals surface area contributed by atoms with Gasteiger partial charge >= 0.3 is 0 Å². The number of thioether (sulfide) groups is 1. The topological polar surface area (TPSA) is 12.0 Å². The lowest BCUT2D eigenvalue weighted by Gasteiger charge is -2.15. The number of nitrogens with one attached hydrogen (secondary N) is 1. The fourth-order valence-corrected chi connectivity index (χ4v) is 4.00. The number of hydrogen-bond acceptors (Lipinski definition) is 2. The van der Waals surface area contributed by atoms with Crippen LogP contribution in [0.25, 0.3) is 0 Å². The van der Waals surface area contributed by atoms with Crippen LogP contribution in [0.15, 0.2) is 41.3 Å². The molecular weight excluding hydrogens is 317 g/mol. The van der Waals surface area contributed by atoms with Crippen molar-refractivity contribution in [1.82, 2.24) is 5.32 Å². The highest BCUT2D eigenvalue weighted by Gasteiger charge is 2.14. The van der Waals surface area contributed by atoms with Gasteiger partial charge < -0.3 is 5.32 Å². The zero-order chi connectivity index (χ0) is 14.7. The first-order chi connectivity index (χ1) is 10.2. The lowest BCUT2D eigenvalue weighted by atomic mass is 10.0. The van der Waals surface area contributed by atoms with Crippen LogP contribution in [0.4, 0.5) is 4.39 Å². The third-order valence-electron chi connectivity index (χ3n) is 3.97. The van der Waals surface area contributed by atoms with E-state index < -0.39 is 0 Å². The Labute approximate surface area is 142 Å². The largest absolute Gasteiger partial charge is 0.316 e. The second kappa shape index (κ2) is 8.00. The smallest absolute Gasteiger partial charge is 0.123 e. The molecule has 0 radical (unpaired) electrons. The van der Waals surface area contributed by atoms with Crippen LogP contribution in [0.5, 0.6) is 0 Å². The van der Waals surface area contributed by atoms with Crippen LogP contribution >= 0.6 is 24.2 Å². The fourth-order valence-electron chi connectivity index (χ4n) is 2.79. The molecule has 0 aliphatic carbocycles.